The summed E-state index contributed by atoms with van der Waals surface area (Å²) in [4.78, 5) is 22.7. The number of hydrogen-bond acceptors (Lipinski definition) is 4. The molecule has 1 amide bonds. The van der Waals surface area contributed by atoms with Gasteiger partial charge in [0.05, 0.1) is 11.0 Å². The Morgan fingerprint density at radius 1 is 1.00 bits per heavy atom. The molecule has 0 radical (unpaired) electrons. The van der Waals surface area contributed by atoms with Crippen LogP contribution in [0.25, 0.3) is 22.4 Å². The molecule has 0 saturated heterocycles. The highest BCUT2D eigenvalue weighted by atomic mass is 16.6. The molecule has 6 heteroatoms. The molecule has 4 aromatic rings. The fourth-order valence-corrected chi connectivity index (χ4v) is 3.67. The van der Waals surface area contributed by atoms with Crippen LogP contribution in [-0.4, -0.2) is 21.2 Å². The van der Waals surface area contributed by atoms with Gasteiger partial charge in [-0.25, -0.2) is 4.98 Å². The first-order chi connectivity index (χ1) is 14.7. The van der Waals surface area contributed by atoms with Gasteiger partial charge in [-0.2, -0.15) is 0 Å². The van der Waals surface area contributed by atoms with Crippen molar-refractivity contribution < 1.29 is 9.63 Å². The molecule has 5 rings (SSSR count). The number of benzene rings is 3. The van der Waals surface area contributed by atoms with Gasteiger partial charge in [0.25, 0.3) is 5.91 Å². The zero-order valence-corrected chi connectivity index (χ0v) is 16.4. The predicted octanol–water partition coefficient (Wildman–Crippen LogP) is 4.70. The summed E-state index contributed by atoms with van der Waals surface area (Å²) in [7, 11) is 2.00. The summed E-state index contributed by atoms with van der Waals surface area (Å²) in [6.45, 7) is 0. The Labute approximate surface area is 173 Å². The summed E-state index contributed by atoms with van der Waals surface area (Å²) in [5.41, 5.74) is 5.13. The van der Waals surface area contributed by atoms with Crippen LogP contribution >= 0.6 is 0 Å². The van der Waals surface area contributed by atoms with Crippen LogP contribution in [0.4, 0.5) is 5.69 Å². The molecule has 0 saturated carbocycles. The van der Waals surface area contributed by atoms with Gasteiger partial charge in [0.15, 0.2) is 6.10 Å². The molecule has 1 N–H and O–H groups in total. The van der Waals surface area contributed by atoms with Crippen LogP contribution in [0.5, 0.6) is 0 Å². The van der Waals surface area contributed by atoms with E-state index in [1.54, 1.807) is 0 Å². The van der Waals surface area contributed by atoms with E-state index in [4.69, 9.17) is 9.82 Å². The van der Waals surface area contributed by atoms with Crippen molar-refractivity contribution in [2.45, 2.75) is 12.5 Å². The van der Waals surface area contributed by atoms with E-state index in [1.165, 1.54) is 0 Å². The van der Waals surface area contributed by atoms with Gasteiger partial charge >= 0.3 is 0 Å². The van der Waals surface area contributed by atoms with E-state index >= 15 is 0 Å². The molecule has 0 bridgehead atoms. The molecular formula is C24H20N4O2. The van der Waals surface area contributed by atoms with E-state index in [-0.39, 0.29) is 12.0 Å². The normalized spacial score (nSPS) is 15.6. The van der Waals surface area contributed by atoms with Crippen LogP contribution in [0, 0.1) is 0 Å². The number of amides is 1. The second-order valence-corrected chi connectivity index (χ2v) is 7.26. The van der Waals surface area contributed by atoms with Gasteiger partial charge in [-0.3, -0.25) is 4.79 Å². The second-order valence-electron chi connectivity index (χ2n) is 7.26. The van der Waals surface area contributed by atoms with Gasteiger partial charge in [0, 0.05) is 24.7 Å². The van der Waals surface area contributed by atoms with Gasteiger partial charge in [-0.1, -0.05) is 47.6 Å². The molecule has 1 atom stereocenters. The van der Waals surface area contributed by atoms with Crippen LogP contribution in [0.1, 0.15) is 18.1 Å². The predicted molar refractivity (Wildman–Crippen MR) is 117 cm³/mol. The van der Waals surface area contributed by atoms with Crippen molar-refractivity contribution in [1.82, 2.24) is 9.55 Å². The molecule has 0 fully saturated rings. The van der Waals surface area contributed by atoms with Crippen molar-refractivity contribution in [3.8, 4) is 11.4 Å². The highest BCUT2D eigenvalue weighted by Crippen LogP contribution is 2.28. The zero-order valence-electron chi connectivity index (χ0n) is 16.4. The lowest BCUT2D eigenvalue weighted by Gasteiger charge is -2.08. The summed E-state index contributed by atoms with van der Waals surface area (Å²) in [6.07, 6.45) is 0.236. The first-order valence-electron chi connectivity index (χ1n) is 9.80. The van der Waals surface area contributed by atoms with E-state index in [1.807, 2.05) is 85.9 Å². The Kier molecular flexibility index (Phi) is 4.52. The summed E-state index contributed by atoms with van der Waals surface area (Å²) in [6, 6.07) is 25.5. The second kappa shape index (κ2) is 7.48. The van der Waals surface area contributed by atoms with E-state index in [9.17, 15) is 4.79 Å². The molecule has 1 aromatic heterocycles. The Morgan fingerprint density at radius 2 is 1.73 bits per heavy atom. The molecule has 6 nitrogen and oxygen atoms in total. The standard InChI is InChI=1S/C24H20N4O2/c1-28-21-10-6-5-9-19(21)26-23(28)17-11-13-18(14-12-17)25-24(29)20-15-22(30-27-20)16-7-3-2-4-8-16/h2-14,22H,15H2,1H3,(H,25,29). The minimum absolute atomic E-state index is 0.216. The molecular weight excluding hydrogens is 376 g/mol. The van der Waals surface area contributed by atoms with Crippen molar-refractivity contribution >= 4 is 28.3 Å². The van der Waals surface area contributed by atoms with Crippen LogP contribution in [-0.2, 0) is 16.7 Å². The molecule has 1 aliphatic rings. The zero-order chi connectivity index (χ0) is 20.5. The van der Waals surface area contributed by atoms with Crippen molar-refractivity contribution in [2.24, 2.45) is 12.2 Å². The van der Waals surface area contributed by atoms with Crippen LogP contribution in [0.15, 0.2) is 84.0 Å². The van der Waals surface area contributed by atoms with Crippen molar-refractivity contribution in [2.75, 3.05) is 5.32 Å². The third kappa shape index (κ3) is 3.33. The third-order valence-corrected chi connectivity index (χ3v) is 5.29. The molecule has 30 heavy (non-hydrogen) atoms. The van der Waals surface area contributed by atoms with Crippen molar-refractivity contribution in [3.63, 3.8) is 0 Å². The Morgan fingerprint density at radius 3 is 2.50 bits per heavy atom. The maximum Gasteiger partial charge on any atom is 0.273 e. The lowest BCUT2D eigenvalue weighted by atomic mass is 10.0. The van der Waals surface area contributed by atoms with Crippen LogP contribution in [0.2, 0.25) is 0 Å². The lowest BCUT2D eigenvalue weighted by molar-refractivity contribution is -0.110. The molecule has 0 aliphatic carbocycles. The number of aromatic nitrogens is 2. The third-order valence-electron chi connectivity index (χ3n) is 5.29. The van der Waals surface area contributed by atoms with Crippen LogP contribution < -0.4 is 5.32 Å². The molecule has 0 spiro atoms. The number of para-hydroxylation sites is 2. The maximum absolute atomic E-state index is 12.6. The number of aryl methyl sites for hydroxylation is 1. The highest BCUT2D eigenvalue weighted by Gasteiger charge is 2.27. The summed E-state index contributed by atoms with van der Waals surface area (Å²) in [5.74, 6) is 0.636. The SMILES string of the molecule is Cn1c(-c2ccc(NC(=O)C3=NOC(c4ccccc4)C3)cc2)nc2ccccc21. The van der Waals surface area contributed by atoms with Gasteiger partial charge in [-0.15, -0.1) is 0 Å². The average Bonchev–Trinajstić information content (AvgIpc) is 3.41. The molecule has 2 heterocycles. The quantitative estimate of drug-likeness (QED) is 0.544. The minimum Gasteiger partial charge on any atom is -0.387 e. The van der Waals surface area contributed by atoms with Crippen LogP contribution in [0.3, 0.4) is 0 Å². The number of nitrogens with one attached hydrogen (secondary N) is 1. The number of carbonyl (C=O) groups is 1. The van der Waals surface area contributed by atoms with Gasteiger partial charge in [0.1, 0.15) is 11.5 Å². The number of fused-ring (bicyclic) bond motifs is 1. The number of rotatable bonds is 4. The van der Waals surface area contributed by atoms with Gasteiger partial charge in [-0.05, 0) is 42.0 Å². The van der Waals surface area contributed by atoms with E-state index < -0.39 is 0 Å². The average molecular weight is 396 g/mol. The van der Waals surface area contributed by atoms with E-state index in [0.29, 0.717) is 17.8 Å². The number of imidazole rings is 1. The van der Waals surface area contributed by atoms with Gasteiger partial charge < -0.3 is 14.7 Å². The largest absolute Gasteiger partial charge is 0.387 e. The minimum atomic E-state index is -0.246. The monoisotopic (exact) mass is 396 g/mol. The Bertz CT molecular complexity index is 1240. The molecule has 1 aliphatic heterocycles. The summed E-state index contributed by atoms with van der Waals surface area (Å²) in [5, 5.41) is 6.88. The first kappa shape index (κ1) is 18.1. The van der Waals surface area contributed by atoms with Crippen molar-refractivity contribution in [3.05, 3.63) is 84.4 Å². The number of hydrogen-bond donors (Lipinski definition) is 1. The molecule has 3 aromatic carbocycles. The smallest absolute Gasteiger partial charge is 0.273 e. The summed E-state index contributed by atoms with van der Waals surface area (Å²) < 4.78 is 2.07. The molecule has 148 valence electrons. The molecule has 1 unspecified atom stereocenters. The van der Waals surface area contributed by atoms with E-state index in [0.717, 1.165) is 28.0 Å². The van der Waals surface area contributed by atoms with Gasteiger partial charge in [0.2, 0.25) is 0 Å². The summed E-state index contributed by atoms with van der Waals surface area (Å²) >= 11 is 0. The number of oxime groups is 1. The lowest BCUT2D eigenvalue weighted by Crippen LogP contribution is -2.21. The topological polar surface area (TPSA) is 68.5 Å². The fourth-order valence-electron chi connectivity index (χ4n) is 3.67. The number of anilines is 1. The Hall–Kier alpha value is -3.93. The van der Waals surface area contributed by atoms with E-state index in [2.05, 4.69) is 15.0 Å². The fraction of sp³-hybridized carbons (Fsp3) is 0.125. The maximum atomic E-state index is 12.6. The van der Waals surface area contributed by atoms with Crippen molar-refractivity contribution in [1.29, 1.82) is 0 Å². The number of nitrogens with zero attached hydrogens (tertiary/aromatic N) is 3. The Balaban J connectivity index is 1.28. The number of carbonyl (C=O) groups excluding carboxylic acids is 1. The highest BCUT2D eigenvalue weighted by molar-refractivity contribution is 6.43. The first-order valence-corrected chi connectivity index (χ1v) is 9.80.